The molecule has 0 aliphatic heterocycles. The van der Waals surface area contributed by atoms with Crippen LogP contribution in [0.15, 0.2) is 72.8 Å². The van der Waals surface area contributed by atoms with Crippen LogP contribution in [0, 0.1) is 5.92 Å². The zero-order valence-electron chi connectivity index (χ0n) is 16.7. The van der Waals surface area contributed by atoms with E-state index >= 15 is 0 Å². The van der Waals surface area contributed by atoms with Crippen LogP contribution in [0.2, 0.25) is 0 Å². The first-order valence-electron chi connectivity index (χ1n) is 9.83. The second-order valence-corrected chi connectivity index (χ2v) is 7.53. The first kappa shape index (κ1) is 18.9. The van der Waals surface area contributed by atoms with E-state index in [4.69, 9.17) is 0 Å². The van der Waals surface area contributed by atoms with Gasteiger partial charge in [0, 0.05) is 24.8 Å². The maximum atomic E-state index is 12.5. The highest BCUT2D eigenvalue weighted by atomic mass is 16.1. The summed E-state index contributed by atoms with van der Waals surface area (Å²) in [6, 6.07) is 24.3. The van der Waals surface area contributed by atoms with Crippen LogP contribution in [0.3, 0.4) is 0 Å². The molecule has 0 saturated heterocycles. The van der Waals surface area contributed by atoms with Gasteiger partial charge in [0.05, 0.1) is 17.3 Å². The van der Waals surface area contributed by atoms with Gasteiger partial charge in [-0.3, -0.25) is 9.59 Å². The Morgan fingerprint density at radius 3 is 2.28 bits per heavy atom. The van der Waals surface area contributed by atoms with Gasteiger partial charge in [0.15, 0.2) is 0 Å². The van der Waals surface area contributed by atoms with Gasteiger partial charge >= 0.3 is 0 Å². The number of anilines is 4. The quantitative estimate of drug-likeness (QED) is 0.624. The Morgan fingerprint density at radius 2 is 1.62 bits per heavy atom. The first-order valence-corrected chi connectivity index (χ1v) is 9.83. The third-order valence-corrected chi connectivity index (χ3v) is 5.54. The van der Waals surface area contributed by atoms with E-state index in [2.05, 4.69) is 34.5 Å². The van der Waals surface area contributed by atoms with Crippen molar-refractivity contribution in [3.8, 4) is 0 Å². The van der Waals surface area contributed by atoms with Crippen molar-refractivity contribution in [1.29, 1.82) is 0 Å². The zero-order valence-corrected chi connectivity index (χ0v) is 16.7. The maximum Gasteiger partial charge on any atom is 0.148 e. The fraction of sp³-hybridized carbons (Fsp3) is 0.200. The molecule has 0 aromatic heterocycles. The van der Waals surface area contributed by atoms with E-state index in [1.54, 1.807) is 0 Å². The van der Waals surface area contributed by atoms with Crippen molar-refractivity contribution in [3.05, 3.63) is 83.9 Å². The first-order chi connectivity index (χ1) is 14.0. The summed E-state index contributed by atoms with van der Waals surface area (Å²) in [6.07, 6.45) is 0.781. The zero-order chi connectivity index (χ0) is 20.4. The molecule has 0 spiro atoms. The van der Waals surface area contributed by atoms with Crippen LogP contribution in [0.25, 0.3) is 0 Å². The summed E-state index contributed by atoms with van der Waals surface area (Å²) in [5.74, 6) is -0.560. The lowest BCUT2D eigenvalue weighted by Gasteiger charge is -2.28. The summed E-state index contributed by atoms with van der Waals surface area (Å²) in [6.45, 7) is 1.51. The van der Waals surface area contributed by atoms with Crippen LogP contribution in [-0.2, 0) is 22.4 Å². The van der Waals surface area contributed by atoms with E-state index in [1.165, 1.54) is 6.92 Å². The molecule has 29 heavy (non-hydrogen) atoms. The summed E-state index contributed by atoms with van der Waals surface area (Å²) in [5, 5.41) is 3.50. The molecular formula is C25H24N2O2. The molecule has 3 aromatic rings. The maximum absolute atomic E-state index is 12.5. The molecule has 1 N–H and O–H groups in total. The van der Waals surface area contributed by atoms with Gasteiger partial charge in [-0.25, -0.2) is 0 Å². The molecule has 0 fully saturated rings. The Labute approximate surface area is 171 Å². The van der Waals surface area contributed by atoms with Gasteiger partial charge in [-0.1, -0.05) is 36.4 Å². The molecule has 1 unspecified atom stereocenters. The van der Waals surface area contributed by atoms with Crippen LogP contribution < -0.4 is 10.2 Å². The SMILES string of the molecule is CC(=O)C1Cc2cc(N(C)c3ccccc3)c(Nc3ccccc3)cc2CC1=O. The van der Waals surface area contributed by atoms with E-state index in [0.717, 1.165) is 33.9 Å². The second kappa shape index (κ2) is 7.92. The monoisotopic (exact) mass is 384 g/mol. The number of Topliss-reactive ketones (excluding diaryl/α,β-unsaturated/α-hetero) is 2. The Balaban J connectivity index is 1.79. The highest BCUT2D eigenvalue weighted by molar-refractivity contribution is 6.04. The minimum absolute atomic E-state index is 0.0137. The van der Waals surface area contributed by atoms with E-state index in [-0.39, 0.29) is 11.6 Å². The lowest BCUT2D eigenvalue weighted by atomic mass is 9.80. The molecular weight excluding hydrogens is 360 g/mol. The van der Waals surface area contributed by atoms with E-state index in [0.29, 0.717) is 12.8 Å². The predicted molar refractivity (Wildman–Crippen MR) is 117 cm³/mol. The Morgan fingerprint density at radius 1 is 0.966 bits per heavy atom. The number of benzene rings is 3. The van der Waals surface area contributed by atoms with Crippen LogP contribution >= 0.6 is 0 Å². The summed E-state index contributed by atoms with van der Waals surface area (Å²) in [4.78, 5) is 26.5. The molecule has 0 saturated carbocycles. The smallest absolute Gasteiger partial charge is 0.148 e. The van der Waals surface area contributed by atoms with Gasteiger partial charge in [0.2, 0.25) is 0 Å². The third kappa shape index (κ3) is 3.92. The number of hydrogen-bond acceptors (Lipinski definition) is 4. The lowest BCUT2D eigenvalue weighted by molar-refractivity contribution is -0.131. The number of carbonyl (C=O) groups is 2. The number of rotatable bonds is 5. The minimum Gasteiger partial charge on any atom is -0.354 e. The molecule has 4 heteroatoms. The van der Waals surface area contributed by atoms with Crippen molar-refractivity contribution >= 4 is 34.3 Å². The van der Waals surface area contributed by atoms with Gasteiger partial charge in [-0.15, -0.1) is 0 Å². The molecule has 0 bridgehead atoms. The Kier molecular flexibility index (Phi) is 5.17. The number of para-hydroxylation sites is 2. The van der Waals surface area contributed by atoms with Crippen molar-refractivity contribution in [1.82, 2.24) is 0 Å². The molecule has 4 nitrogen and oxygen atoms in total. The van der Waals surface area contributed by atoms with E-state index < -0.39 is 5.92 Å². The van der Waals surface area contributed by atoms with Crippen molar-refractivity contribution < 1.29 is 9.59 Å². The third-order valence-electron chi connectivity index (χ3n) is 5.54. The fourth-order valence-corrected chi connectivity index (χ4v) is 3.89. The largest absolute Gasteiger partial charge is 0.354 e. The van der Waals surface area contributed by atoms with Gasteiger partial charge in [0.1, 0.15) is 11.6 Å². The van der Waals surface area contributed by atoms with Crippen molar-refractivity contribution in [2.45, 2.75) is 19.8 Å². The summed E-state index contributed by atoms with van der Waals surface area (Å²) >= 11 is 0. The van der Waals surface area contributed by atoms with Crippen molar-refractivity contribution in [2.24, 2.45) is 5.92 Å². The van der Waals surface area contributed by atoms with Gasteiger partial charge in [0.25, 0.3) is 0 Å². The van der Waals surface area contributed by atoms with Crippen molar-refractivity contribution in [2.75, 3.05) is 17.3 Å². The molecule has 0 radical (unpaired) electrons. The Hall–Kier alpha value is -3.40. The summed E-state index contributed by atoms with van der Waals surface area (Å²) in [5.41, 5.74) is 6.07. The summed E-state index contributed by atoms with van der Waals surface area (Å²) < 4.78 is 0. The Bertz CT molecular complexity index is 1050. The molecule has 146 valence electrons. The van der Waals surface area contributed by atoms with E-state index in [9.17, 15) is 9.59 Å². The van der Waals surface area contributed by atoms with Gasteiger partial charge in [-0.05, 0) is 60.9 Å². The molecule has 3 aromatic carbocycles. The van der Waals surface area contributed by atoms with Crippen LogP contribution in [0.4, 0.5) is 22.7 Å². The average Bonchev–Trinajstić information content (AvgIpc) is 2.73. The molecule has 0 amide bonds. The molecule has 0 heterocycles. The normalized spacial score (nSPS) is 15.5. The number of ketones is 2. The average molecular weight is 384 g/mol. The minimum atomic E-state index is -0.523. The summed E-state index contributed by atoms with van der Waals surface area (Å²) in [7, 11) is 2.03. The molecule has 1 aliphatic rings. The molecule has 4 rings (SSSR count). The van der Waals surface area contributed by atoms with Crippen LogP contribution in [0.5, 0.6) is 0 Å². The second-order valence-electron chi connectivity index (χ2n) is 7.53. The highest BCUT2D eigenvalue weighted by Crippen LogP contribution is 2.38. The molecule has 1 atom stereocenters. The topological polar surface area (TPSA) is 49.4 Å². The van der Waals surface area contributed by atoms with Crippen molar-refractivity contribution in [3.63, 3.8) is 0 Å². The van der Waals surface area contributed by atoms with Crippen LogP contribution in [-0.4, -0.2) is 18.6 Å². The number of hydrogen-bond donors (Lipinski definition) is 1. The van der Waals surface area contributed by atoms with E-state index in [1.807, 2.05) is 55.6 Å². The highest BCUT2D eigenvalue weighted by Gasteiger charge is 2.30. The number of fused-ring (bicyclic) bond motifs is 1. The van der Waals surface area contributed by atoms with Gasteiger partial charge in [-0.2, -0.15) is 0 Å². The fourth-order valence-electron chi connectivity index (χ4n) is 3.89. The standard InChI is InChI=1S/C25H24N2O2/c1-17(28)22-13-18-15-24(27(2)21-11-7-4-8-12-21)23(14-19(18)16-25(22)29)26-20-9-5-3-6-10-20/h3-12,14-15,22,26H,13,16H2,1-2H3. The number of nitrogens with one attached hydrogen (secondary N) is 1. The number of nitrogens with zero attached hydrogens (tertiary/aromatic N) is 1. The number of carbonyl (C=O) groups excluding carboxylic acids is 2. The van der Waals surface area contributed by atoms with Gasteiger partial charge < -0.3 is 10.2 Å². The molecule has 1 aliphatic carbocycles. The van der Waals surface area contributed by atoms with Crippen LogP contribution in [0.1, 0.15) is 18.1 Å². The predicted octanol–water partition coefficient (Wildman–Crippen LogP) is 5.07. The lowest BCUT2D eigenvalue weighted by Crippen LogP contribution is -2.30.